The lowest BCUT2D eigenvalue weighted by molar-refractivity contribution is -0.00756. The van der Waals surface area contributed by atoms with E-state index in [0.29, 0.717) is 19.6 Å². The van der Waals surface area contributed by atoms with Gasteiger partial charge in [0.2, 0.25) is 0 Å². The summed E-state index contributed by atoms with van der Waals surface area (Å²) in [5.74, 6) is 0. The van der Waals surface area contributed by atoms with Crippen LogP contribution in [0.1, 0.15) is 11.3 Å². The van der Waals surface area contributed by atoms with Crippen molar-refractivity contribution in [2.75, 3.05) is 37.9 Å². The molecule has 2 aliphatic heterocycles. The number of rotatable bonds is 2. The Kier molecular flexibility index (Phi) is 3.19. The van der Waals surface area contributed by atoms with E-state index in [9.17, 15) is 9.50 Å². The zero-order valence-corrected chi connectivity index (χ0v) is 11.1. The van der Waals surface area contributed by atoms with Gasteiger partial charge in [0.15, 0.2) is 0 Å². The van der Waals surface area contributed by atoms with Gasteiger partial charge in [0.05, 0.1) is 49.3 Å². The van der Waals surface area contributed by atoms with E-state index in [-0.39, 0.29) is 12.6 Å². The number of halogens is 1. The van der Waals surface area contributed by atoms with Crippen molar-refractivity contribution >= 4 is 5.69 Å². The number of aliphatic hydroxyl groups excluding tert-OH is 1. The summed E-state index contributed by atoms with van der Waals surface area (Å²) in [6, 6.07) is 1.99. The van der Waals surface area contributed by atoms with E-state index >= 15 is 0 Å². The summed E-state index contributed by atoms with van der Waals surface area (Å²) in [4.78, 5) is 6.61. The van der Waals surface area contributed by atoms with E-state index in [1.807, 2.05) is 6.92 Å². The molecule has 4 nitrogen and oxygen atoms in total. The lowest BCUT2D eigenvalue weighted by atomic mass is 9.73. The molecule has 0 aromatic carbocycles. The molecular weight excluding hydrogens is 247 g/mol. The van der Waals surface area contributed by atoms with Gasteiger partial charge < -0.3 is 14.7 Å². The van der Waals surface area contributed by atoms with Crippen LogP contribution in [-0.2, 0) is 11.2 Å². The summed E-state index contributed by atoms with van der Waals surface area (Å²) in [5, 5.41) is 9.71. The number of ether oxygens (including phenoxy) is 1. The Bertz CT molecular complexity index is 477. The SMILES string of the molecule is Cc1cnc2c(c1)N1CCOC[C@@H]1[C@@](CO)(CF)C2. The summed E-state index contributed by atoms with van der Waals surface area (Å²) >= 11 is 0. The first-order valence-electron chi connectivity index (χ1n) is 6.67. The third-order valence-corrected chi connectivity index (χ3v) is 4.33. The van der Waals surface area contributed by atoms with Crippen LogP contribution in [-0.4, -0.2) is 49.2 Å². The van der Waals surface area contributed by atoms with Crippen LogP contribution in [0.2, 0.25) is 0 Å². The molecule has 3 heterocycles. The summed E-state index contributed by atoms with van der Waals surface area (Å²) in [7, 11) is 0. The second-order valence-corrected chi connectivity index (χ2v) is 5.59. The largest absolute Gasteiger partial charge is 0.396 e. The minimum atomic E-state index is -0.782. The number of aliphatic hydroxyl groups is 1. The quantitative estimate of drug-likeness (QED) is 0.870. The second kappa shape index (κ2) is 4.72. The summed E-state index contributed by atoms with van der Waals surface area (Å²) in [6.45, 7) is 3.11. The Morgan fingerprint density at radius 2 is 2.47 bits per heavy atom. The van der Waals surface area contributed by atoms with Crippen molar-refractivity contribution in [1.29, 1.82) is 0 Å². The Hall–Kier alpha value is -1.20. The van der Waals surface area contributed by atoms with E-state index in [2.05, 4.69) is 16.0 Å². The number of hydrogen-bond acceptors (Lipinski definition) is 4. The van der Waals surface area contributed by atoms with Crippen LogP contribution < -0.4 is 4.90 Å². The van der Waals surface area contributed by atoms with Crippen molar-refractivity contribution < 1.29 is 14.2 Å². The Morgan fingerprint density at radius 3 is 3.21 bits per heavy atom. The Labute approximate surface area is 112 Å². The topological polar surface area (TPSA) is 45.6 Å². The number of anilines is 1. The molecule has 0 saturated carbocycles. The molecule has 104 valence electrons. The highest BCUT2D eigenvalue weighted by atomic mass is 19.1. The van der Waals surface area contributed by atoms with Crippen LogP contribution in [0.4, 0.5) is 10.1 Å². The standard InChI is InChI=1S/C14H19FN2O2/c1-10-4-12-11(16-6-10)5-14(8-15,9-18)13-7-19-3-2-17(12)13/h4,6,13,18H,2-3,5,7-9H2,1H3/t13-,14-/m1/s1. The zero-order chi connectivity index (χ0) is 13.5. The highest BCUT2D eigenvalue weighted by Crippen LogP contribution is 2.42. The fourth-order valence-corrected chi connectivity index (χ4v) is 3.16. The molecule has 0 spiro atoms. The first-order chi connectivity index (χ1) is 9.20. The molecule has 2 aliphatic rings. The number of aromatic nitrogens is 1. The molecule has 2 atom stereocenters. The van der Waals surface area contributed by atoms with Gasteiger partial charge in [-0.3, -0.25) is 9.37 Å². The van der Waals surface area contributed by atoms with Crippen molar-refractivity contribution in [1.82, 2.24) is 4.98 Å². The van der Waals surface area contributed by atoms with Crippen molar-refractivity contribution in [3.63, 3.8) is 0 Å². The number of alkyl halides is 1. The first kappa shape index (κ1) is 12.8. The number of morpholine rings is 1. The molecule has 0 unspecified atom stereocenters. The van der Waals surface area contributed by atoms with Crippen LogP contribution in [0.5, 0.6) is 0 Å². The van der Waals surface area contributed by atoms with Gasteiger partial charge >= 0.3 is 0 Å². The van der Waals surface area contributed by atoms with Crippen LogP contribution in [0.3, 0.4) is 0 Å². The third kappa shape index (κ3) is 1.92. The molecule has 0 aliphatic carbocycles. The van der Waals surface area contributed by atoms with E-state index in [1.54, 1.807) is 6.20 Å². The van der Waals surface area contributed by atoms with Gasteiger partial charge in [0.25, 0.3) is 0 Å². The second-order valence-electron chi connectivity index (χ2n) is 5.59. The van der Waals surface area contributed by atoms with Gasteiger partial charge in [-0.1, -0.05) is 0 Å². The molecule has 0 bridgehead atoms. The predicted octanol–water partition coefficient (Wildman–Crippen LogP) is 1.10. The number of hydrogen-bond donors (Lipinski definition) is 1. The molecule has 0 amide bonds. The van der Waals surface area contributed by atoms with Gasteiger partial charge in [-0.15, -0.1) is 0 Å². The lowest BCUT2D eigenvalue weighted by Gasteiger charge is -2.51. The number of pyridine rings is 1. The van der Waals surface area contributed by atoms with Crippen molar-refractivity contribution in [2.45, 2.75) is 19.4 Å². The fraction of sp³-hybridized carbons (Fsp3) is 0.643. The maximum Gasteiger partial charge on any atom is 0.0997 e. The van der Waals surface area contributed by atoms with Crippen molar-refractivity contribution in [3.8, 4) is 0 Å². The monoisotopic (exact) mass is 266 g/mol. The van der Waals surface area contributed by atoms with Crippen LogP contribution in [0, 0.1) is 12.3 Å². The normalized spacial score (nSPS) is 29.8. The van der Waals surface area contributed by atoms with Crippen LogP contribution >= 0.6 is 0 Å². The van der Waals surface area contributed by atoms with E-state index in [0.717, 1.165) is 23.5 Å². The predicted molar refractivity (Wildman–Crippen MR) is 70.1 cm³/mol. The molecule has 5 heteroatoms. The minimum absolute atomic E-state index is 0.104. The molecule has 1 aromatic rings. The Balaban J connectivity index is 2.09. The van der Waals surface area contributed by atoms with E-state index in [4.69, 9.17) is 4.74 Å². The molecule has 1 aromatic heterocycles. The fourth-order valence-electron chi connectivity index (χ4n) is 3.16. The maximum absolute atomic E-state index is 13.6. The van der Waals surface area contributed by atoms with Gasteiger partial charge in [0.1, 0.15) is 0 Å². The van der Waals surface area contributed by atoms with Gasteiger partial charge in [0, 0.05) is 19.2 Å². The van der Waals surface area contributed by atoms with Gasteiger partial charge in [-0.2, -0.15) is 0 Å². The number of nitrogens with zero attached hydrogens (tertiary/aromatic N) is 2. The molecule has 1 N–H and O–H groups in total. The van der Waals surface area contributed by atoms with Crippen molar-refractivity contribution in [2.24, 2.45) is 5.41 Å². The van der Waals surface area contributed by atoms with Gasteiger partial charge in [-0.05, 0) is 18.6 Å². The van der Waals surface area contributed by atoms with E-state index in [1.165, 1.54) is 0 Å². The molecule has 0 radical (unpaired) electrons. The lowest BCUT2D eigenvalue weighted by Crippen LogP contribution is -2.61. The van der Waals surface area contributed by atoms with Gasteiger partial charge in [-0.25, -0.2) is 0 Å². The molecular formula is C14H19FN2O2. The van der Waals surface area contributed by atoms with Crippen LogP contribution in [0.15, 0.2) is 12.3 Å². The summed E-state index contributed by atoms with van der Waals surface area (Å²) < 4.78 is 19.1. The third-order valence-electron chi connectivity index (χ3n) is 4.33. The number of aryl methyl sites for hydroxylation is 1. The van der Waals surface area contributed by atoms with E-state index < -0.39 is 12.1 Å². The first-order valence-corrected chi connectivity index (χ1v) is 6.67. The smallest absolute Gasteiger partial charge is 0.0997 e. The molecule has 1 saturated heterocycles. The zero-order valence-electron chi connectivity index (χ0n) is 11.1. The summed E-state index contributed by atoms with van der Waals surface area (Å²) in [6.07, 6.45) is 2.28. The molecule has 3 rings (SSSR count). The number of fused-ring (bicyclic) bond motifs is 3. The Morgan fingerprint density at radius 1 is 1.63 bits per heavy atom. The average Bonchev–Trinajstić information content (AvgIpc) is 2.47. The molecule has 19 heavy (non-hydrogen) atoms. The average molecular weight is 266 g/mol. The van der Waals surface area contributed by atoms with Crippen LogP contribution in [0.25, 0.3) is 0 Å². The highest BCUT2D eigenvalue weighted by Gasteiger charge is 2.48. The summed E-state index contributed by atoms with van der Waals surface area (Å²) in [5.41, 5.74) is 2.28. The highest BCUT2D eigenvalue weighted by molar-refractivity contribution is 5.57. The maximum atomic E-state index is 13.6. The minimum Gasteiger partial charge on any atom is -0.396 e. The molecule has 1 fully saturated rings. The van der Waals surface area contributed by atoms with Crippen molar-refractivity contribution in [3.05, 3.63) is 23.5 Å².